The summed E-state index contributed by atoms with van der Waals surface area (Å²) in [7, 11) is -4.09. The zero-order valence-electron chi connectivity index (χ0n) is 40.3. The van der Waals surface area contributed by atoms with Crippen LogP contribution in [0.4, 0.5) is 13.2 Å². The molecule has 2 N–H and O–H groups in total. The first kappa shape index (κ1) is 61.0. The topological polar surface area (TPSA) is 175 Å². The zero-order valence-corrected chi connectivity index (χ0v) is 45.9. The van der Waals surface area contributed by atoms with E-state index in [4.69, 9.17) is 32.0 Å². The first-order valence-corrected chi connectivity index (χ1v) is 23.7. The molecule has 0 amide bonds. The van der Waals surface area contributed by atoms with Crippen molar-refractivity contribution in [3.05, 3.63) is 243 Å². The Labute approximate surface area is 464 Å². The van der Waals surface area contributed by atoms with Gasteiger partial charge in [-0.05, 0) is 47.4 Å². The Hall–Kier alpha value is -7.56. The first-order valence-electron chi connectivity index (χ1n) is 22.3. The normalized spacial score (nSPS) is 10.3. The van der Waals surface area contributed by atoms with Gasteiger partial charge in [0.2, 0.25) is 0 Å². The summed E-state index contributed by atoms with van der Waals surface area (Å²) >= 11 is 0. The van der Waals surface area contributed by atoms with Crippen molar-refractivity contribution in [3.63, 3.8) is 0 Å². The quantitative estimate of drug-likeness (QED) is 0.0974. The Morgan fingerprint density at radius 3 is 1.17 bits per heavy atom. The van der Waals surface area contributed by atoms with Crippen molar-refractivity contribution in [2.45, 2.75) is 5.51 Å². The van der Waals surface area contributed by atoms with Gasteiger partial charge in [-0.1, -0.05) is 91.0 Å². The molecule has 0 unspecified atom stereocenters. The fourth-order valence-electron chi connectivity index (χ4n) is 6.86. The Balaban J connectivity index is 0.000000207. The molecule has 12 rings (SSSR count). The number of rotatable bonds is 4. The Bertz CT molecular complexity index is 3380. The summed E-state index contributed by atoms with van der Waals surface area (Å²) in [5, 5.41) is 18.3. The van der Waals surface area contributed by atoms with Gasteiger partial charge in [0.25, 0.3) is 0 Å². The van der Waals surface area contributed by atoms with Gasteiger partial charge in [0.05, 0.1) is 5.69 Å². The van der Waals surface area contributed by atoms with Gasteiger partial charge >= 0.3 is 5.51 Å². The van der Waals surface area contributed by atoms with Crippen LogP contribution in [0.15, 0.2) is 234 Å². The molecule has 0 atom stereocenters. The number of fused-ring (bicyclic) bond motifs is 6. The summed E-state index contributed by atoms with van der Waals surface area (Å²) in [6, 6.07) is 74.8. The van der Waals surface area contributed by atoms with Crippen molar-refractivity contribution >= 4 is 54.0 Å². The van der Waals surface area contributed by atoms with Crippen LogP contribution in [0.5, 0.6) is 0 Å². The average Bonchev–Trinajstić information content (AvgIpc) is 4.04. The van der Waals surface area contributed by atoms with Gasteiger partial charge in [0, 0.05) is 112 Å². The van der Waals surface area contributed by atoms with Crippen LogP contribution >= 0.6 is 0 Å². The van der Waals surface area contributed by atoms with Crippen molar-refractivity contribution < 1.29 is 85.4 Å². The zero-order chi connectivity index (χ0) is 52.8. The number of pyridine rings is 4. The van der Waals surface area contributed by atoms with Crippen LogP contribution in [0.1, 0.15) is 0 Å². The van der Waals surface area contributed by atoms with Crippen molar-refractivity contribution in [2.24, 2.45) is 0 Å². The van der Waals surface area contributed by atoms with Crippen molar-refractivity contribution in [1.29, 1.82) is 0 Å². The van der Waals surface area contributed by atoms with Crippen LogP contribution in [0, 0.1) is 18.2 Å². The van der Waals surface area contributed by atoms with Gasteiger partial charge in [-0.3, -0.25) is 4.98 Å². The number of hydrogen-bond donors (Lipinski definition) is 2. The molecule has 2 radical (unpaired) electrons. The molecule has 76 heavy (non-hydrogen) atoms. The standard InChI is InChI=1S/C17H11NO.C17H10NO.2C11H8N.CHF3O3S.2CH4O.2Ir/c2*1-2-6-12(7-3-1)15-10-17-14(11-18-15)13-8-4-5-9-16(13)19-17;2*1-2-6-10(7-3-1)11-8-4-5-9-12-11;2-1(3,4)8(5,6)7;2*1-2;;/h1-11H;1-6,8-11H;2*1-6,8-9H;(H,5,6,7);2*2H,1H3;;/q;3*-1;;;;;/p-1. The second-order valence-corrected chi connectivity index (χ2v) is 16.2. The molecule has 11 nitrogen and oxygen atoms in total. The van der Waals surface area contributed by atoms with E-state index in [9.17, 15) is 13.2 Å². The number of halogens is 3. The van der Waals surface area contributed by atoms with Crippen LogP contribution in [0.25, 0.3) is 88.9 Å². The number of benzene rings is 6. The van der Waals surface area contributed by atoms with Gasteiger partial charge in [-0.25, -0.2) is 8.42 Å². The van der Waals surface area contributed by atoms with Gasteiger partial charge in [-0.15, -0.1) is 108 Å². The molecule has 12 aromatic rings. The molecule has 0 saturated heterocycles. The number of aliphatic hydroxyl groups excluding tert-OH is 2. The summed E-state index contributed by atoms with van der Waals surface area (Å²) in [5.74, 6) is 0. The van der Waals surface area contributed by atoms with E-state index in [0.29, 0.717) is 0 Å². The predicted molar refractivity (Wildman–Crippen MR) is 282 cm³/mol. The van der Waals surface area contributed by atoms with Gasteiger partial charge in [0.1, 0.15) is 22.3 Å². The van der Waals surface area contributed by atoms with Gasteiger partial charge in [-0.2, -0.15) is 13.2 Å². The molecule has 6 heterocycles. The molecule has 0 aliphatic carbocycles. The number of para-hydroxylation sites is 2. The second kappa shape index (κ2) is 30.7. The molecule has 0 fully saturated rings. The number of alkyl halides is 3. The van der Waals surface area contributed by atoms with E-state index in [1.807, 2.05) is 188 Å². The van der Waals surface area contributed by atoms with Crippen LogP contribution in [-0.4, -0.2) is 62.8 Å². The number of nitrogens with zero attached hydrogens (tertiary/aromatic N) is 4. The number of aromatic nitrogens is 4. The molecule has 0 aliphatic rings. The third-order valence-corrected chi connectivity index (χ3v) is 10.7. The van der Waals surface area contributed by atoms with Gasteiger partial charge in [0.15, 0.2) is 10.1 Å². The Morgan fingerprint density at radius 2 is 0.789 bits per heavy atom. The SMILES string of the molecule is CO.CO.O=S(=O)([O-])C(F)(F)F.[Ir].[Ir].[c-]1ccccc1-c1cc2oc3ccccc3c2cn1.[c-]1ccccc1-c1ccccn1.[c-]1ccccc1-c1ccccn1.c1ccc(-c2cc3oc4ccccc4c3cn2)cc1. The Morgan fingerprint density at radius 1 is 0.434 bits per heavy atom. The second-order valence-electron chi connectivity index (χ2n) is 14.9. The maximum atomic E-state index is 10.7. The van der Waals surface area contributed by atoms with Crippen LogP contribution in [0.3, 0.4) is 0 Å². The summed E-state index contributed by atoms with van der Waals surface area (Å²) in [6.07, 6.45) is 7.34. The van der Waals surface area contributed by atoms with Crippen LogP contribution in [0.2, 0.25) is 0 Å². The third-order valence-electron chi connectivity index (χ3n) is 10.2. The minimum Gasteiger partial charge on any atom is -0.741 e. The molecule has 6 aromatic heterocycles. The van der Waals surface area contributed by atoms with E-state index in [1.165, 1.54) is 0 Å². The fraction of sp³-hybridized carbons (Fsp3) is 0.0508. The summed E-state index contributed by atoms with van der Waals surface area (Å²) in [5.41, 5.74) is 5.82. The minimum atomic E-state index is -6.09. The molecule has 6 aromatic carbocycles. The Kier molecular flexibility index (Phi) is 24.7. The molecule has 0 aliphatic heterocycles. The van der Waals surface area contributed by atoms with Crippen LogP contribution < -0.4 is 0 Å². The largest absolute Gasteiger partial charge is 0.741 e. The number of aliphatic hydroxyl groups is 2. The molecular weight excluding hydrogens is 1350 g/mol. The third kappa shape index (κ3) is 17.0. The predicted octanol–water partition coefficient (Wildman–Crippen LogP) is 13.5. The van der Waals surface area contributed by atoms with Crippen LogP contribution in [-0.2, 0) is 50.3 Å². The van der Waals surface area contributed by atoms with E-state index in [0.717, 1.165) is 103 Å². The summed E-state index contributed by atoms with van der Waals surface area (Å²) in [4.78, 5) is 17.5. The van der Waals surface area contributed by atoms with E-state index in [2.05, 4.69) is 62.4 Å². The molecule has 0 bridgehead atoms. The number of furan rings is 2. The molecule has 0 spiro atoms. The maximum Gasteiger partial charge on any atom is 0.485 e. The van der Waals surface area contributed by atoms with Gasteiger partial charge < -0.3 is 38.6 Å². The van der Waals surface area contributed by atoms with E-state index >= 15 is 0 Å². The number of hydrogen-bond acceptors (Lipinski definition) is 11. The van der Waals surface area contributed by atoms with E-state index in [-0.39, 0.29) is 40.2 Å². The average molecular weight is 1400 g/mol. The fourth-order valence-corrected chi connectivity index (χ4v) is 6.86. The molecule has 392 valence electrons. The van der Waals surface area contributed by atoms with E-state index in [1.54, 1.807) is 12.4 Å². The van der Waals surface area contributed by atoms with Crippen molar-refractivity contribution in [1.82, 2.24) is 19.9 Å². The first-order chi connectivity index (χ1) is 36.0. The monoisotopic (exact) mass is 1400 g/mol. The maximum absolute atomic E-state index is 10.7. The summed E-state index contributed by atoms with van der Waals surface area (Å²) < 4.78 is 70.6. The molecule has 0 saturated carbocycles. The summed E-state index contributed by atoms with van der Waals surface area (Å²) in [6.45, 7) is 0. The van der Waals surface area contributed by atoms with Crippen molar-refractivity contribution in [2.75, 3.05) is 14.2 Å². The molecular formula is C59H45F3Ir2N4O7S-4. The van der Waals surface area contributed by atoms with E-state index < -0.39 is 15.6 Å². The smallest absolute Gasteiger partial charge is 0.485 e. The molecule has 17 heteroatoms. The minimum absolute atomic E-state index is 0. The van der Waals surface area contributed by atoms with Crippen molar-refractivity contribution in [3.8, 4) is 45.0 Å².